The molecule has 0 spiro atoms. The molecular formula is C16H25NO3. The lowest BCUT2D eigenvalue weighted by Crippen LogP contribution is -2.32. The first-order valence-electron chi connectivity index (χ1n) is 7.03. The summed E-state index contributed by atoms with van der Waals surface area (Å²) in [6.45, 7) is 4.64. The van der Waals surface area contributed by atoms with Gasteiger partial charge in [0.05, 0.1) is 14.2 Å². The zero-order valence-corrected chi connectivity index (χ0v) is 13.1. The van der Waals surface area contributed by atoms with Crippen LogP contribution in [0.1, 0.15) is 32.3 Å². The summed E-state index contributed by atoms with van der Waals surface area (Å²) < 4.78 is 10.5. The molecule has 1 rings (SSSR count). The Morgan fingerprint density at radius 2 is 1.85 bits per heavy atom. The average Bonchev–Trinajstić information content (AvgIpc) is 2.48. The molecular weight excluding hydrogens is 254 g/mol. The van der Waals surface area contributed by atoms with E-state index in [1.807, 2.05) is 39.1 Å². The summed E-state index contributed by atoms with van der Waals surface area (Å²) in [5, 5.41) is 0. The Labute approximate surface area is 121 Å². The SMILES string of the molecule is CCC(CC)C(=O)N(C)Cc1ccc(OC)cc1OC. The Hall–Kier alpha value is -1.71. The van der Waals surface area contributed by atoms with Crippen molar-refractivity contribution in [3.63, 3.8) is 0 Å². The van der Waals surface area contributed by atoms with E-state index in [1.54, 1.807) is 19.1 Å². The van der Waals surface area contributed by atoms with Gasteiger partial charge in [-0.3, -0.25) is 4.79 Å². The molecule has 4 heteroatoms. The fraction of sp³-hybridized carbons (Fsp3) is 0.562. The van der Waals surface area contributed by atoms with Crippen molar-refractivity contribution >= 4 is 5.91 Å². The molecule has 1 aromatic carbocycles. The molecule has 0 aliphatic heterocycles. The van der Waals surface area contributed by atoms with Gasteiger partial charge >= 0.3 is 0 Å². The molecule has 0 N–H and O–H groups in total. The molecule has 112 valence electrons. The van der Waals surface area contributed by atoms with Crippen LogP contribution in [0, 0.1) is 5.92 Å². The van der Waals surface area contributed by atoms with E-state index in [0.717, 1.165) is 29.9 Å². The van der Waals surface area contributed by atoms with Crippen LogP contribution in [0.2, 0.25) is 0 Å². The second-order valence-corrected chi connectivity index (χ2v) is 4.89. The van der Waals surface area contributed by atoms with Gasteiger partial charge in [0.25, 0.3) is 0 Å². The number of hydrogen-bond acceptors (Lipinski definition) is 3. The third-order valence-corrected chi connectivity index (χ3v) is 3.61. The smallest absolute Gasteiger partial charge is 0.225 e. The van der Waals surface area contributed by atoms with Crippen molar-refractivity contribution in [2.24, 2.45) is 5.92 Å². The molecule has 0 aliphatic carbocycles. The van der Waals surface area contributed by atoms with Crippen molar-refractivity contribution in [3.8, 4) is 11.5 Å². The van der Waals surface area contributed by atoms with Crippen molar-refractivity contribution in [1.82, 2.24) is 4.90 Å². The zero-order valence-electron chi connectivity index (χ0n) is 13.1. The van der Waals surface area contributed by atoms with Crippen molar-refractivity contribution < 1.29 is 14.3 Å². The maximum Gasteiger partial charge on any atom is 0.225 e. The lowest BCUT2D eigenvalue weighted by atomic mass is 10.0. The summed E-state index contributed by atoms with van der Waals surface area (Å²) in [6.07, 6.45) is 1.75. The molecule has 0 aromatic heterocycles. The average molecular weight is 279 g/mol. The standard InChI is InChI=1S/C16H25NO3/c1-6-12(7-2)16(18)17(3)11-13-8-9-14(19-4)10-15(13)20-5/h8-10,12H,6-7,11H2,1-5H3. The highest BCUT2D eigenvalue weighted by Gasteiger charge is 2.19. The van der Waals surface area contributed by atoms with Crippen molar-refractivity contribution in [2.45, 2.75) is 33.2 Å². The maximum absolute atomic E-state index is 12.3. The quantitative estimate of drug-likeness (QED) is 0.770. The van der Waals surface area contributed by atoms with Gasteiger partial charge in [0.2, 0.25) is 5.91 Å². The summed E-state index contributed by atoms with van der Waals surface area (Å²) in [5.41, 5.74) is 0.982. The van der Waals surface area contributed by atoms with Crippen LogP contribution < -0.4 is 9.47 Å². The Morgan fingerprint density at radius 3 is 2.35 bits per heavy atom. The van der Waals surface area contributed by atoms with Gasteiger partial charge in [0, 0.05) is 31.1 Å². The van der Waals surface area contributed by atoms with Gasteiger partial charge in [-0.05, 0) is 25.0 Å². The number of amides is 1. The Balaban J connectivity index is 2.84. The number of rotatable bonds is 7. The van der Waals surface area contributed by atoms with Gasteiger partial charge in [-0.15, -0.1) is 0 Å². The van der Waals surface area contributed by atoms with Crippen LogP contribution in [-0.4, -0.2) is 32.1 Å². The van der Waals surface area contributed by atoms with Crippen LogP contribution in [0.25, 0.3) is 0 Å². The summed E-state index contributed by atoms with van der Waals surface area (Å²) >= 11 is 0. The van der Waals surface area contributed by atoms with Gasteiger partial charge < -0.3 is 14.4 Å². The molecule has 0 saturated heterocycles. The minimum Gasteiger partial charge on any atom is -0.497 e. The molecule has 1 aromatic rings. The van der Waals surface area contributed by atoms with Crippen LogP contribution in [-0.2, 0) is 11.3 Å². The van der Waals surface area contributed by atoms with E-state index in [0.29, 0.717) is 6.54 Å². The van der Waals surface area contributed by atoms with Crippen LogP contribution in [0.5, 0.6) is 11.5 Å². The van der Waals surface area contributed by atoms with Crippen molar-refractivity contribution in [1.29, 1.82) is 0 Å². The number of nitrogens with zero attached hydrogens (tertiary/aromatic N) is 1. The number of carbonyl (C=O) groups is 1. The largest absolute Gasteiger partial charge is 0.497 e. The molecule has 0 heterocycles. The number of hydrogen-bond donors (Lipinski definition) is 0. The number of benzene rings is 1. The molecule has 0 bridgehead atoms. The molecule has 0 aliphatic rings. The van der Waals surface area contributed by atoms with E-state index in [1.165, 1.54) is 0 Å². The van der Waals surface area contributed by atoms with Crippen molar-refractivity contribution in [2.75, 3.05) is 21.3 Å². The van der Waals surface area contributed by atoms with Gasteiger partial charge in [-0.1, -0.05) is 13.8 Å². The molecule has 20 heavy (non-hydrogen) atoms. The fourth-order valence-corrected chi connectivity index (χ4v) is 2.27. The highest BCUT2D eigenvalue weighted by Crippen LogP contribution is 2.26. The molecule has 0 saturated carbocycles. The van der Waals surface area contributed by atoms with E-state index in [4.69, 9.17) is 9.47 Å². The van der Waals surface area contributed by atoms with E-state index >= 15 is 0 Å². The Kier molecular flexibility index (Phi) is 6.36. The van der Waals surface area contributed by atoms with E-state index < -0.39 is 0 Å². The second kappa shape index (κ2) is 7.78. The van der Waals surface area contributed by atoms with Crippen molar-refractivity contribution in [3.05, 3.63) is 23.8 Å². The van der Waals surface area contributed by atoms with Crippen LogP contribution in [0.4, 0.5) is 0 Å². The van der Waals surface area contributed by atoms with Crippen LogP contribution >= 0.6 is 0 Å². The molecule has 4 nitrogen and oxygen atoms in total. The topological polar surface area (TPSA) is 38.8 Å². The van der Waals surface area contributed by atoms with Gasteiger partial charge in [0.1, 0.15) is 11.5 Å². The zero-order chi connectivity index (χ0) is 15.1. The third-order valence-electron chi connectivity index (χ3n) is 3.61. The van der Waals surface area contributed by atoms with E-state index in [9.17, 15) is 4.79 Å². The number of methoxy groups -OCH3 is 2. The number of carbonyl (C=O) groups excluding carboxylic acids is 1. The summed E-state index contributed by atoms with van der Waals surface area (Å²) in [4.78, 5) is 14.1. The minimum absolute atomic E-state index is 0.101. The highest BCUT2D eigenvalue weighted by molar-refractivity contribution is 5.78. The van der Waals surface area contributed by atoms with Gasteiger partial charge in [0.15, 0.2) is 0 Å². The number of ether oxygens (including phenoxy) is 2. The second-order valence-electron chi connectivity index (χ2n) is 4.89. The Bertz CT molecular complexity index is 441. The summed E-state index contributed by atoms with van der Waals surface area (Å²) in [6, 6.07) is 5.66. The molecule has 1 amide bonds. The predicted molar refractivity (Wildman–Crippen MR) is 80.1 cm³/mol. The fourth-order valence-electron chi connectivity index (χ4n) is 2.27. The maximum atomic E-state index is 12.3. The summed E-state index contributed by atoms with van der Waals surface area (Å²) in [7, 11) is 5.09. The first kappa shape index (κ1) is 16.3. The minimum atomic E-state index is 0.101. The third kappa shape index (κ3) is 3.89. The van der Waals surface area contributed by atoms with Gasteiger partial charge in [-0.2, -0.15) is 0 Å². The van der Waals surface area contributed by atoms with Crippen LogP contribution in [0.15, 0.2) is 18.2 Å². The highest BCUT2D eigenvalue weighted by atomic mass is 16.5. The van der Waals surface area contributed by atoms with Crippen LogP contribution in [0.3, 0.4) is 0 Å². The predicted octanol–water partition coefficient (Wildman–Crippen LogP) is 3.10. The normalized spacial score (nSPS) is 10.5. The summed E-state index contributed by atoms with van der Waals surface area (Å²) in [5.74, 6) is 1.78. The molecule has 0 radical (unpaired) electrons. The molecule has 0 atom stereocenters. The lowest BCUT2D eigenvalue weighted by Gasteiger charge is -2.23. The van der Waals surface area contributed by atoms with E-state index in [2.05, 4.69) is 0 Å². The monoisotopic (exact) mass is 279 g/mol. The first-order chi connectivity index (χ1) is 9.57. The van der Waals surface area contributed by atoms with E-state index in [-0.39, 0.29) is 11.8 Å². The molecule has 0 unspecified atom stereocenters. The Morgan fingerprint density at radius 1 is 1.20 bits per heavy atom. The molecule has 0 fully saturated rings. The lowest BCUT2D eigenvalue weighted by molar-refractivity contribution is -0.134. The van der Waals surface area contributed by atoms with Gasteiger partial charge in [-0.25, -0.2) is 0 Å². The first-order valence-corrected chi connectivity index (χ1v) is 7.03.